The van der Waals surface area contributed by atoms with Gasteiger partial charge in [0.15, 0.2) is 31.3 Å². The summed E-state index contributed by atoms with van der Waals surface area (Å²) in [5.74, 6) is -0.169. The first-order valence-corrected chi connectivity index (χ1v) is 24.4. The molecule has 0 amide bonds. The number of nitrogens with two attached hydrogens (primary N) is 1. The number of alkyl halides is 3. The Morgan fingerprint density at radius 3 is 1.46 bits per heavy atom. The molecule has 0 aliphatic carbocycles. The molecule has 23 heteroatoms. The number of aryl methyl sites for hydroxylation is 1. The van der Waals surface area contributed by atoms with Crippen LogP contribution < -0.4 is 36.5 Å². The van der Waals surface area contributed by atoms with Crippen LogP contribution >= 0.6 is 23.2 Å². The Hall–Kier alpha value is -6.26. The van der Waals surface area contributed by atoms with Gasteiger partial charge in [0.05, 0.1) is 69.7 Å². The number of halogens is 5. The van der Waals surface area contributed by atoms with Gasteiger partial charge in [0.25, 0.3) is 0 Å². The lowest BCUT2D eigenvalue weighted by molar-refractivity contribution is -0.171. The summed E-state index contributed by atoms with van der Waals surface area (Å²) in [7, 11) is -4.15. The maximum Gasteiger partial charge on any atom is 0.449 e. The summed E-state index contributed by atoms with van der Waals surface area (Å²) < 4.78 is 99.3. The Labute approximate surface area is 402 Å². The van der Waals surface area contributed by atoms with E-state index >= 15 is 0 Å². The number of anilines is 8. The van der Waals surface area contributed by atoms with Crippen molar-refractivity contribution in [2.45, 2.75) is 73.5 Å². The van der Waals surface area contributed by atoms with E-state index in [0.717, 1.165) is 5.56 Å². The number of benzene rings is 4. The third-order valence-corrected chi connectivity index (χ3v) is 14.8. The lowest BCUT2D eigenvalue weighted by Crippen LogP contribution is -2.22. The minimum Gasteiger partial charge on any atom is -0.495 e. The maximum atomic E-state index is 12.8. The monoisotopic (exact) mass is 1020 g/mol. The summed E-state index contributed by atoms with van der Waals surface area (Å²) in [6, 6.07) is 23.1. The number of carbonyl (C=O) groups excluding carboxylic acids is 1. The third-order valence-electron chi connectivity index (χ3n) is 9.84. The van der Waals surface area contributed by atoms with Gasteiger partial charge in [-0.05, 0) is 93.8 Å². The number of nitrogens with zero attached hydrogens (tertiary/aromatic N) is 4. The maximum absolute atomic E-state index is 12.8. The van der Waals surface area contributed by atoms with Crippen LogP contribution in [0.5, 0.6) is 11.5 Å². The molecule has 2 heterocycles. The topological polar surface area (TPSA) is 230 Å². The van der Waals surface area contributed by atoms with Gasteiger partial charge in [-0.15, -0.1) is 0 Å². The highest BCUT2D eigenvalue weighted by Crippen LogP contribution is 2.35. The molecule has 0 radical (unpaired) electrons. The lowest BCUT2D eigenvalue weighted by atomic mass is 10.1. The van der Waals surface area contributed by atoms with Crippen LogP contribution in [0.4, 0.5) is 59.5 Å². The van der Waals surface area contributed by atoms with Crippen molar-refractivity contribution in [2.75, 3.05) is 35.5 Å². The van der Waals surface area contributed by atoms with E-state index in [0.29, 0.717) is 40.7 Å². The molecule has 0 aliphatic rings. The van der Waals surface area contributed by atoms with Crippen molar-refractivity contribution >= 4 is 94.9 Å². The molecule has 68 heavy (non-hydrogen) atoms. The number of methoxy groups -OCH3 is 2. The first-order valence-electron chi connectivity index (χ1n) is 20.5. The van der Waals surface area contributed by atoms with E-state index in [1.165, 1.54) is 37.7 Å². The van der Waals surface area contributed by atoms with Gasteiger partial charge in [0, 0.05) is 13.0 Å². The van der Waals surface area contributed by atoms with Crippen molar-refractivity contribution in [1.82, 2.24) is 19.9 Å². The summed E-state index contributed by atoms with van der Waals surface area (Å²) >= 11 is 12.5. The molecule has 0 saturated heterocycles. The van der Waals surface area contributed by atoms with Crippen LogP contribution in [0, 0.1) is 0 Å². The second-order valence-electron chi connectivity index (χ2n) is 15.2. The highest BCUT2D eigenvalue weighted by Gasteiger charge is 2.37. The number of sulfone groups is 2. The number of nitrogens with one attached hydrogen (secondary N) is 4. The fourth-order valence-electron chi connectivity index (χ4n) is 6.06. The van der Waals surface area contributed by atoms with Gasteiger partial charge in [-0.25, -0.2) is 26.8 Å². The fraction of sp³-hybridized carbons (Fsp3) is 0.267. The van der Waals surface area contributed by atoms with E-state index in [-0.39, 0.29) is 55.5 Å². The van der Waals surface area contributed by atoms with Crippen LogP contribution in [0.3, 0.4) is 0 Å². The summed E-state index contributed by atoms with van der Waals surface area (Å²) in [5, 5.41) is 11.1. The van der Waals surface area contributed by atoms with E-state index in [2.05, 4.69) is 41.2 Å². The van der Waals surface area contributed by atoms with Crippen LogP contribution in [0.15, 0.2) is 107 Å². The Morgan fingerprint density at radius 2 is 1.06 bits per heavy atom. The molecule has 0 spiro atoms. The molecule has 6 aromatic rings. The number of ketones is 1. The second kappa shape index (κ2) is 22.7. The molecule has 0 bridgehead atoms. The molecule has 0 unspecified atom stereocenters. The molecule has 2 aromatic heterocycles. The number of rotatable bonds is 18. The predicted octanol–water partition coefficient (Wildman–Crippen LogP) is 10.1. The third kappa shape index (κ3) is 13.2. The van der Waals surface area contributed by atoms with Crippen molar-refractivity contribution in [3.8, 4) is 11.5 Å². The zero-order chi connectivity index (χ0) is 50.0. The lowest BCUT2D eigenvalue weighted by Gasteiger charge is -2.16. The van der Waals surface area contributed by atoms with Gasteiger partial charge in [-0.3, -0.25) is 4.79 Å². The number of carbonyl (C=O) groups is 1. The standard InChI is InChI=1S/C24H24ClF3N4O4S.C21H24ClN5O3S/c1-14(2)37(34,35)20-7-5-4-6-17(20)30-22-16(25)13-29-23(32-22)31-18-12-15(8-10-19(18)36-3)9-11-21(33)24(26,27)28;1-13(2)31(28,29)19-7-5-4-6-16(19)25-20-15(22)12-24-21(27-20)26-17-10-14(11-23)8-9-18(17)30-3/h4-8,10,12-14H,9,11H2,1-3H3,(H2,29,30,31,32);4-10,12-13H,11,23H2,1-3H3,(H2,24,25,26,27). The van der Waals surface area contributed by atoms with Crippen LogP contribution in [-0.2, 0) is 37.4 Å². The average molecular weight is 1020 g/mol. The van der Waals surface area contributed by atoms with Gasteiger partial charge < -0.3 is 36.5 Å². The number of hydrogen-bond donors (Lipinski definition) is 5. The first-order chi connectivity index (χ1) is 32.1. The largest absolute Gasteiger partial charge is 0.495 e. The molecule has 6 N–H and O–H groups in total. The average Bonchev–Trinajstić information content (AvgIpc) is 3.30. The Morgan fingerprint density at radius 1 is 0.647 bits per heavy atom. The van der Waals surface area contributed by atoms with Gasteiger partial charge in [-0.1, -0.05) is 59.6 Å². The summed E-state index contributed by atoms with van der Waals surface area (Å²) in [4.78, 5) is 28.6. The van der Waals surface area contributed by atoms with Crippen molar-refractivity contribution in [2.24, 2.45) is 5.73 Å². The molecule has 6 rings (SSSR count). The van der Waals surface area contributed by atoms with E-state index in [4.69, 9.17) is 38.4 Å². The summed E-state index contributed by atoms with van der Waals surface area (Å²) in [6.07, 6.45) is -2.98. The summed E-state index contributed by atoms with van der Waals surface area (Å²) in [6.45, 7) is 6.79. The van der Waals surface area contributed by atoms with Crippen molar-refractivity contribution < 1.29 is 44.3 Å². The minimum atomic E-state index is -4.89. The smallest absolute Gasteiger partial charge is 0.449 e. The van der Waals surface area contributed by atoms with Crippen LogP contribution in [0.1, 0.15) is 45.2 Å². The molecular weight excluding hydrogens is 971 g/mol. The molecule has 0 aliphatic heterocycles. The molecular formula is C45H48Cl2F3N9O7S2. The van der Waals surface area contributed by atoms with Gasteiger partial charge in [0.1, 0.15) is 21.5 Å². The Balaban J connectivity index is 0.000000258. The first kappa shape index (κ1) is 52.7. The highest BCUT2D eigenvalue weighted by atomic mass is 35.5. The fourth-order valence-corrected chi connectivity index (χ4v) is 8.74. The van der Waals surface area contributed by atoms with E-state index in [1.807, 2.05) is 12.1 Å². The van der Waals surface area contributed by atoms with Crippen LogP contribution in [0.2, 0.25) is 10.0 Å². The van der Waals surface area contributed by atoms with Gasteiger partial charge in [-0.2, -0.15) is 23.1 Å². The number of ether oxygens (including phenoxy) is 2. The van der Waals surface area contributed by atoms with E-state index < -0.39 is 48.6 Å². The Kier molecular flexibility index (Phi) is 17.6. The number of para-hydroxylation sites is 2. The Bertz CT molecular complexity index is 2990. The molecule has 362 valence electrons. The van der Waals surface area contributed by atoms with E-state index in [1.54, 1.807) is 89.4 Å². The molecule has 16 nitrogen and oxygen atoms in total. The molecule has 4 aromatic carbocycles. The molecule has 0 atom stereocenters. The number of hydrogen-bond acceptors (Lipinski definition) is 16. The van der Waals surface area contributed by atoms with Crippen LogP contribution in [0.25, 0.3) is 0 Å². The van der Waals surface area contributed by atoms with Gasteiger partial charge >= 0.3 is 6.18 Å². The summed E-state index contributed by atoms with van der Waals surface area (Å²) in [5.41, 5.74) is 8.73. The highest BCUT2D eigenvalue weighted by molar-refractivity contribution is 7.92. The van der Waals surface area contributed by atoms with Crippen molar-refractivity contribution in [3.05, 3.63) is 118 Å². The van der Waals surface area contributed by atoms with Crippen molar-refractivity contribution in [3.63, 3.8) is 0 Å². The minimum absolute atomic E-state index is 0.0536. The normalized spacial score (nSPS) is 11.7. The SMILES string of the molecule is COc1ccc(CCC(=O)C(F)(F)F)cc1Nc1ncc(Cl)c(Nc2ccccc2S(=O)(=O)C(C)C)n1.COc1ccc(CN)cc1Nc1ncc(Cl)c(Nc2ccccc2S(=O)(=O)C(C)C)n1. The zero-order valence-corrected chi connectivity index (χ0v) is 40.6. The second-order valence-corrected chi connectivity index (χ2v) is 20.9. The zero-order valence-electron chi connectivity index (χ0n) is 37.4. The molecule has 0 fully saturated rings. The van der Waals surface area contributed by atoms with Crippen LogP contribution in [-0.4, -0.2) is 73.5 Å². The predicted molar refractivity (Wildman–Crippen MR) is 258 cm³/mol. The number of aromatic nitrogens is 4. The quantitative estimate of drug-likeness (QED) is 0.0539. The number of Topliss-reactive ketones (excluding diaryl/α,β-unsaturated/α-hetero) is 1. The molecule has 0 saturated carbocycles. The van der Waals surface area contributed by atoms with Crippen molar-refractivity contribution in [1.29, 1.82) is 0 Å². The van der Waals surface area contributed by atoms with E-state index in [9.17, 15) is 34.8 Å². The van der Waals surface area contributed by atoms with Gasteiger partial charge in [0.2, 0.25) is 17.7 Å².